The van der Waals surface area contributed by atoms with Gasteiger partial charge in [0.1, 0.15) is 0 Å². The molecule has 2 aliphatic rings. The molecule has 3 nitrogen and oxygen atoms in total. The summed E-state index contributed by atoms with van der Waals surface area (Å²) in [5.74, 6) is 0.269. The van der Waals surface area contributed by atoms with Crippen molar-refractivity contribution in [1.29, 1.82) is 0 Å². The monoisotopic (exact) mass is 238 g/mol. The number of carbonyl (C=O) groups is 1. The second kappa shape index (κ2) is 5.38. The first-order valence-corrected chi connectivity index (χ1v) is 7.16. The molecule has 98 valence electrons. The highest BCUT2D eigenvalue weighted by Gasteiger charge is 2.38. The van der Waals surface area contributed by atoms with Gasteiger partial charge in [0.25, 0.3) is 0 Å². The van der Waals surface area contributed by atoms with Crippen LogP contribution < -0.4 is 5.73 Å². The highest BCUT2D eigenvalue weighted by Crippen LogP contribution is 2.43. The maximum absolute atomic E-state index is 12.2. The smallest absolute Gasteiger partial charge is 0.226 e. The second-order valence-corrected chi connectivity index (χ2v) is 6.06. The largest absolute Gasteiger partial charge is 0.342 e. The number of likely N-dealkylation sites (tertiary alicyclic amines) is 1. The number of nitrogens with two attached hydrogens (primary N) is 1. The van der Waals surface area contributed by atoms with Crippen molar-refractivity contribution in [3.8, 4) is 0 Å². The molecule has 1 aliphatic carbocycles. The molecule has 0 aromatic carbocycles. The molecule has 1 aliphatic heterocycles. The molecule has 2 fully saturated rings. The zero-order valence-corrected chi connectivity index (χ0v) is 11.1. The first-order chi connectivity index (χ1) is 8.17. The molecule has 17 heavy (non-hydrogen) atoms. The van der Waals surface area contributed by atoms with Gasteiger partial charge < -0.3 is 10.6 Å². The fraction of sp³-hybridized carbons (Fsp3) is 0.929. The summed E-state index contributed by atoms with van der Waals surface area (Å²) in [7, 11) is 0. The Hall–Kier alpha value is -0.570. The van der Waals surface area contributed by atoms with Gasteiger partial charge in [0, 0.05) is 25.6 Å². The average Bonchev–Trinajstić information content (AvgIpc) is 2.38. The third-order valence-corrected chi connectivity index (χ3v) is 4.66. The number of nitrogens with zero attached hydrogens (tertiary/aromatic N) is 1. The summed E-state index contributed by atoms with van der Waals surface area (Å²) in [4.78, 5) is 14.3. The first-order valence-electron chi connectivity index (χ1n) is 7.16. The molecule has 2 N–H and O–H groups in total. The number of hydrogen-bond acceptors (Lipinski definition) is 2. The van der Waals surface area contributed by atoms with Crippen molar-refractivity contribution in [3.05, 3.63) is 0 Å². The highest BCUT2D eigenvalue weighted by atomic mass is 16.2. The van der Waals surface area contributed by atoms with E-state index in [-0.39, 0.29) is 11.8 Å². The predicted molar refractivity (Wildman–Crippen MR) is 69.6 cm³/mol. The van der Waals surface area contributed by atoms with E-state index in [1.165, 1.54) is 44.9 Å². The Balaban J connectivity index is 1.98. The lowest BCUT2D eigenvalue weighted by molar-refractivity contribution is -0.138. The fourth-order valence-corrected chi connectivity index (χ4v) is 3.52. The summed E-state index contributed by atoms with van der Waals surface area (Å²) in [6, 6.07) is 0. The van der Waals surface area contributed by atoms with Gasteiger partial charge in [0.05, 0.1) is 0 Å². The van der Waals surface area contributed by atoms with Gasteiger partial charge in [-0.2, -0.15) is 0 Å². The standard InChI is InChI=1S/C14H26N2O/c1-12(10-15)13(17)16-9-5-8-14(11-16)6-3-2-4-7-14/h12H,2-11,15H2,1H3. The van der Waals surface area contributed by atoms with Crippen LogP contribution in [-0.4, -0.2) is 30.4 Å². The Labute approximate surface area is 105 Å². The molecule has 1 saturated carbocycles. The van der Waals surface area contributed by atoms with Crippen LogP contribution in [0.1, 0.15) is 51.9 Å². The predicted octanol–water partition coefficient (Wildman–Crippen LogP) is 2.15. The molecule has 1 unspecified atom stereocenters. The zero-order valence-electron chi connectivity index (χ0n) is 11.1. The molecule has 0 bridgehead atoms. The summed E-state index contributed by atoms with van der Waals surface area (Å²) in [5, 5.41) is 0. The van der Waals surface area contributed by atoms with Crippen molar-refractivity contribution in [1.82, 2.24) is 4.90 Å². The average molecular weight is 238 g/mol. The van der Waals surface area contributed by atoms with E-state index >= 15 is 0 Å². The van der Waals surface area contributed by atoms with Gasteiger partial charge in [-0.15, -0.1) is 0 Å². The summed E-state index contributed by atoms with van der Waals surface area (Å²) in [6.45, 7) is 4.37. The quantitative estimate of drug-likeness (QED) is 0.801. The fourth-order valence-electron chi connectivity index (χ4n) is 3.52. The Bertz CT molecular complexity index is 266. The minimum Gasteiger partial charge on any atom is -0.342 e. The third-order valence-electron chi connectivity index (χ3n) is 4.66. The van der Waals surface area contributed by atoms with Crippen LogP contribution in [0.3, 0.4) is 0 Å². The number of hydrogen-bond donors (Lipinski definition) is 1. The van der Waals surface area contributed by atoms with E-state index in [9.17, 15) is 4.79 Å². The van der Waals surface area contributed by atoms with Crippen LogP contribution in [0.25, 0.3) is 0 Å². The normalized spacial score (nSPS) is 25.9. The second-order valence-electron chi connectivity index (χ2n) is 6.06. The van der Waals surface area contributed by atoms with Crippen molar-refractivity contribution in [2.24, 2.45) is 17.1 Å². The SMILES string of the molecule is CC(CN)C(=O)N1CCCC2(CCCCC2)C1. The van der Waals surface area contributed by atoms with Crippen LogP contribution in [0.5, 0.6) is 0 Å². The minimum atomic E-state index is -0.00580. The van der Waals surface area contributed by atoms with E-state index in [0.717, 1.165) is 13.1 Å². The molecule has 1 atom stereocenters. The first kappa shape index (κ1) is 12.9. The molecule has 1 saturated heterocycles. The van der Waals surface area contributed by atoms with Crippen molar-refractivity contribution < 1.29 is 4.79 Å². The molecule has 0 aromatic heterocycles. The molecule has 1 amide bonds. The van der Waals surface area contributed by atoms with Gasteiger partial charge in [0.15, 0.2) is 0 Å². The van der Waals surface area contributed by atoms with E-state index in [0.29, 0.717) is 12.0 Å². The number of rotatable bonds is 2. The lowest BCUT2D eigenvalue weighted by atomic mass is 9.69. The van der Waals surface area contributed by atoms with Crippen LogP contribution >= 0.6 is 0 Å². The van der Waals surface area contributed by atoms with Crippen molar-refractivity contribution >= 4 is 5.91 Å². The number of carbonyl (C=O) groups excluding carboxylic acids is 1. The van der Waals surface area contributed by atoms with E-state index in [4.69, 9.17) is 5.73 Å². The minimum absolute atomic E-state index is 0.00580. The molecule has 1 spiro atoms. The molecule has 0 aromatic rings. The third kappa shape index (κ3) is 2.82. The van der Waals surface area contributed by atoms with Crippen molar-refractivity contribution in [2.45, 2.75) is 51.9 Å². The van der Waals surface area contributed by atoms with Crippen molar-refractivity contribution in [2.75, 3.05) is 19.6 Å². The maximum atomic E-state index is 12.2. The van der Waals surface area contributed by atoms with Gasteiger partial charge in [-0.05, 0) is 31.1 Å². The van der Waals surface area contributed by atoms with E-state index in [2.05, 4.69) is 4.90 Å². The summed E-state index contributed by atoms with van der Waals surface area (Å²) in [6.07, 6.45) is 9.26. The van der Waals surface area contributed by atoms with Crippen LogP contribution in [0, 0.1) is 11.3 Å². The lowest BCUT2D eigenvalue weighted by Crippen LogP contribution is -2.49. The molecular weight excluding hydrogens is 212 g/mol. The van der Waals surface area contributed by atoms with E-state index in [1.807, 2.05) is 6.92 Å². The molecule has 3 heteroatoms. The lowest BCUT2D eigenvalue weighted by Gasteiger charge is -2.45. The topological polar surface area (TPSA) is 46.3 Å². The zero-order chi connectivity index (χ0) is 12.3. The Morgan fingerprint density at radius 1 is 1.24 bits per heavy atom. The summed E-state index contributed by atoms with van der Waals surface area (Å²) >= 11 is 0. The number of amides is 1. The van der Waals surface area contributed by atoms with Gasteiger partial charge in [-0.25, -0.2) is 0 Å². The highest BCUT2D eigenvalue weighted by molar-refractivity contribution is 5.78. The van der Waals surface area contributed by atoms with Crippen LogP contribution in [0.2, 0.25) is 0 Å². The number of piperidine rings is 1. The van der Waals surface area contributed by atoms with Crippen LogP contribution in [0.4, 0.5) is 0 Å². The molecular formula is C14H26N2O. The molecule has 0 radical (unpaired) electrons. The summed E-state index contributed by atoms with van der Waals surface area (Å²) in [5.41, 5.74) is 6.06. The van der Waals surface area contributed by atoms with Gasteiger partial charge in [-0.1, -0.05) is 26.2 Å². The Morgan fingerprint density at radius 2 is 1.88 bits per heavy atom. The Morgan fingerprint density at radius 3 is 2.53 bits per heavy atom. The Kier molecular flexibility index (Phi) is 4.08. The maximum Gasteiger partial charge on any atom is 0.226 e. The van der Waals surface area contributed by atoms with Gasteiger partial charge in [-0.3, -0.25) is 4.79 Å². The summed E-state index contributed by atoms with van der Waals surface area (Å²) < 4.78 is 0. The van der Waals surface area contributed by atoms with Crippen LogP contribution in [0.15, 0.2) is 0 Å². The van der Waals surface area contributed by atoms with Crippen molar-refractivity contribution in [3.63, 3.8) is 0 Å². The van der Waals surface area contributed by atoms with Crippen LogP contribution in [-0.2, 0) is 4.79 Å². The van der Waals surface area contributed by atoms with E-state index in [1.54, 1.807) is 0 Å². The van der Waals surface area contributed by atoms with Gasteiger partial charge >= 0.3 is 0 Å². The molecule has 2 rings (SSSR count). The molecule has 1 heterocycles. The van der Waals surface area contributed by atoms with Gasteiger partial charge in [0.2, 0.25) is 5.91 Å². The van der Waals surface area contributed by atoms with E-state index < -0.39 is 0 Å².